The third kappa shape index (κ3) is 8.69. The molecule has 43 heavy (non-hydrogen) atoms. The molecule has 4 N–H and O–H groups in total. The molecule has 228 valence electrons. The number of aromatic nitrogens is 1. The van der Waals surface area contributed by atoms with Crippen molar-refractivity contribution in [2.45, 2.75) is 58.7 Å². The number of aromatic amines is 1. The van der Waals surface area contributed by atoms with Gasteiger partial charge in [-0.25, -0.2) is 0 Å². The van der Waals surface area contributed by atoms with Gasteiger partial charge in [0.1, 0.15) is 5.75 Å². The van der Waals surface area contributed by atoms with Gasteiger partial charge in [-0.05, 0) is 96.8 Å². The van der Waals surface area contributed by atoms with Gasteiger partial charge in [0.05, 0.1) is 19.3 Å². The van der Waals surface area contributed by atoms with Crippen molar-refractivity contribution in [1.29, 1.82) is 0 Å². The van der Waals surface area contributed by atoms with Crippen LogP contribution in [0.2, 0.25) is 0 Å². The highest BCUT2D eigenvalue weighted by atomic mass is 16.5. The molecule has 1 heterocycles. The van der Waals surface area contributed by atoms with Crippen LogP contribution >= 0.6 is 0 Å². The number of benzene rings is 3. The smallest absolute Gasteiger partial charge is 0.253 e. The van der Waals surface area contributed by atoms with Crippen LogP contribution in [0.4, 0.5) is 0 Å². The first-order valence-corrected chi connectivity index (χ1v) is 15.1. The van der Waals surface area contributed by atoms with Gasteiger partial charge in [-0.2, -0.15) is 0 Å². The number of ether oxygens (including phenoxy) is 1. The Kier molecular flexibility index (Phi) is 11.4. The number of amides is 2. The predicted octanol–water partition coefficient (Wildman–Crippen LogP) is 5.24. The van der Waals surface area contributed by atoms with Crippen molar-refractivity contribution in [1.82, 2.24) is 20.5 Å². The summed E-state index contributed by atoms with van der Waals surface area (Å²) in [6.45, 7) is 8.15. The lowest BCUT2D eigenvalue weighted by Gasteiger charge is -2.25. The van der Waals surface area contributed by atoms with E-state index in [1.165, 1.54) is 0 Å². The molecular weight excluding hydrogens is 540 g/mol. The zero-order valence-electron chi connectivity index (χ0n) is 25.7. The number of nitrogens with zero attached hydrogens (tertiary/aromatic N) is 1. The first-order valence-electron chi connectivity index (χ1n) is 15.1. The third-order valence-corrected chi connectivity index (χ3v) is 7.53. The number of carbonyl (C=O) groups is 2. The van der Waals surface area contributed by atoms with E-state index in [0.29, 0.717) is 37.2 Å². The first kappa shape index (κ1) is 31.8. The lowest BCUT2D eigenvalue weighted by Crippen LogP contribution is -2.48. The largest absolute Gasteiger partial charge is 0.497 e. The number of rotatable bonds is 15. The predicted molar refractivity (Wildman–Crippen MR) is 172 cm³/mol. The number of aliphatic hydroxyl groups is 1. The van der Waals surface area contributed by atoms with Crippen LogP contribution < -0.4 is 15.4 Å². The van der Waals surface area contributed by atoms with Crippen LogP contribution in [-0.4, -0.2) is 65.7 Å². The fraction of sp³-hybridized carbons (Fsp3) is 0.371. The van der Waals surface area contributed by atoms with Crippen LogP contribution in [0.1, 0.15) is 64.1 Å². The summed E-state index contributed by atoms with van der Waals surface area (Å²) in [6, 6.07) is 20.6. The number of methoxy groups -OCH3 is 1. The molecule has 1 aromatic heterocycles. The molecule has 1 unspecified atom stereocenters. The highest BCUT2D eigenvalue weighted by molar-refractivity contribution is 6.00. The average Bonchev–Trinajstić information content (AvgIpc) is 3.48. The van der Waals surface area contributed by atoms with Gasteiger partial charge < -0.3 is 30.4 Å². The minimum absolute atomic E-state index is 0.0698. The quantitative estimate of drug-likeness (QED) is 0.153. The summed E-state index contributed by atoms with van der Waals surface area (Å²) >= 11 is 0. The fourth-order valence-corrected chi connectivity index (χ4v) is 5.38. The molecule has 0 aliphatic carbocycles. The normalized spacial score (nSPS) is 12.6. The molecule has 0 aliphatic rings. The van der Waals surface area contributed by atoms with Crippen molar-refractivity contribution in [3.63, 3.8) is 0 Å². The van der Waals surface area contributed by atoms with E-state index in [4.69, 9.17) is 4.74 Å². The maximum absolute atomic E-state index is 13.6. The number of carbonyl (C=O) groups excluding carboxylic acids is 2. The highest BCUT2D eigenvalue weighted by Crippen LogP contribution is 2.18. The molecule has 0 bridgehead atoms. The van der Waals surface area contributed by atoms with E-state index < -0.39 is 12.1 Å². The third-order valence-electron chi connectivity index (χ3n) is 7.53. The van der Waals surface area contributed by atoms with Crippen molar-refractivity contribution < 1.29 is 19.4 Å². The lowest BCUT2D eigenvalue weighted by atomic mass is 9.98. The minimum atomic E-state index is -0.869. The van der Waals surface area contributed by atoms with Crippen LogP contribution in [0.15, 0.2) is 72.9 Å². The van der Waals surface area contributed by atoms with E-state index in [1.54, 1.807) is 19.2 Å². The second-order valence-electron chi connectivity index (χ2n) is 11.1. The summed E-state index contributed by atoms with van der Waals surface area (Å²) in [4.78, 5) is 32.0. The Hall–Kier alpha value is -4.14. The van der Waals surface area contributed by atoms with Gasteiger partial charge in [0, 0.05) is 49.0 Å². The Morgan fingerprint density at radius 2 is 1.72 bits per heavy atom. The Labute approximate surface area is 254 Å². The van der Waals surface area contributed by atoms with Crippen molar-refractivity contribution >= 4 is 22.7 Å². The van der Waals surface area contributed by atoms with E-state index in [0.717, 1.165) is 46.2 Å². The molecule has 0 saturated carbocycles. The Morgan fingerprint density at radius 3 is 2.47 bits per heavy atom. The highest BCUT2D eigenvalue weighted by Gasteiger charge is 2.24. The van der Waals surface area contributed by atoms with Crippen LogP contribution in [0.25, 0.3) is 10.9 Å². The van der Waals surface area contributed by atoms with Crippen molar-refractivity contribution in [2.24, 2.45) is 0 Å². The Bertz CT molecular complexity index is 1510. The number of fused-ring (bicyclic) bond motifs is 1. The molecule has 4 rings (SSSR count). The van der Waals surface area contributed by atoms with E-state index in [9.17, 15) is 14.7 Å². The molecule has 3 aromatic carbocycles. The first-order chi connectivity index (χ1) is 20.8. The van der Waals surface area contributed by atoms with Crippen molar-refractivity contribution in [3.05, 3.63) is 101 Å². The van der Waals surface area contributed by atoms with E-state index >= 15 is 0 Å². The number of hydrogen-bond donors (Lipinski definition) is 4. The Morgan fingerprint density at radius 1 is 0.953 bits per heavy atom. The molecular formula is C35H44N4O4. The lowest BCUT2D eigenvalue weighted by molar-refractivity contribution is 0.0755. The van der Waals surface area contributed by atoms with Gasteiger partial charge in [0.25, 0.3) is 11.8 Å². The van der Waals surface area contributed by atoms with Crippen molar-refractivity contribution in [3.8, 4) is 5.75 Å². The summed E-state index contributed by atoms with van der Waals surface area (Å²) in [7, 11) is 1.63. The molecule has 0 aliphatic heterocycles. The SMILES string of the molecule is CCCN(CCC)C(=O)c1cc(C)cc(C(=O)NC(Cc2ccc3[nH]ccc3c2)[C@H](O)CNCc2cccc(OC)c2)c1. The fourth-order valence-electron chi connectivity index (χ4n) is 5.38. The summed E-state index contributed by atoms with van der Waals surface area (Å²) < 4.78 is 5.32. The van der Waals surface area contributed by atoms with Gasteiger partial charge in [-0.15, -0.1) is 0 Å². The molecule has 8 nitrogen and oxygen atoms in total. The van der Waals surface area contributed by atoms with Gasteiger partial charge in [-0.1, -0.05) is 32.0 Å². The summed E-state index contributed by atoms with van der Waals surface area (Å²) in [6.07, 6.45) is 3.19. The van der Waals surface area contributed by atoms with Gasteiger partial charge >= 0.3 is 0 Å². The Balaban J connectivity index is 1.52. The van der Waals surface area contributed by atoms with Crippen LogP contribution in [0, 0.1) is 6.92 Å². The topological polar surface area (TPSA) is 107 Å². The standard InChI is InChI=1S/C35H44N4O4/c1-5-14-39(15-6-2)35(42)29-17-24(3)16-28(21-29)34(41)38-32(20-25-10-11-31-27(18-25)12-13-37-31)33(40)23-36-22-26-8-7-9-30(19-26)43-4/h7-13,16-19,21,32-33,36-37,40H,5-6,14-15,20,22-23H2,1-4H3,(H,38,41)/t32?,33-/m1/s1. The van der Waals surface area contributed by atoms with E-state index in [-0.39, 0.29) is 18.4 Å². The maximum atomic E-state index is 13.6. The van der Waals surface area contributed by atoms with Crippen molar-refractivity contribution in [2.75, 3.05) is 26.7 Å². The molecule has 0 spiro atoms. The average molecular weight is 585 g/mol. The van der Waals surface area contributed by atoms with Gasteiger partial charge in [0.2, 0.25) is 0 Å². The second kappa shape index (κ2) is 15.4. The van der Waals surface area contributed by atoms with Gasteiger partial charge in [-0.3, -0.25) is 9.59 Å². The molecule has 0 saturated heterocycles. The molecule has 0 fully saturated rings. The van der Waals surface area contributed by atoms with Gasteiger partial charge in [0.15, 0.2) is 0 Å². The summed E-state index contributed by atoms with van der Waals surface area (Å²) in [5.41, 5.74) is 4.79. The molecule has 8 heteroatoms. The molecule has 2 amide bonds. The second-order valence-corrected chi connectivity index (χ2v) is 11.1. The zero-order chi connectivity index (χ0) is 30.8. The maximum Gasteiger partial charge on any atom is 0.253 e. The van der Waals surface area contributed by atoms with E-state index in [2.05, 4.69) is 35.5 Å². The number of aliphatic hydroxyl groups excluding tert-OH is 1. The molecule has 4 aromatic rings. The number of aryl methyl sites for hydroxylation is 1. The monoisotopic (exact) mass is 584 g/mol. The number of H-pyrrole nitrogens is 1. The van der Waals surface area contributed by atoms with Crippen LogP contribution in [0.3, 0.4) is 0 Å². The minimum Gasteiger partial charge on any atom is -0.497 e. The molecule has 0 radical (unpaired) electrons. The molecule has 2 atom stereocenters. The number of nitrogens with one attached hydrogen (secondary N) is 3. The summed E-state index contributed by atoms with van der Waals surface area (Å²) in [5, 5.41) is 18.8. The van der Waals surface area contributed by atoms with Crippen LogP contribution in [0.5, 0.6) is 5.75 Å². The zero-order valence-corrected chi connectivity index (χ0v) is 25.7. The van der Waals surface area contributed by atoms with Crippen LogP contribution in [-0.2, 0) is 13.0 Å². The van der Waals surface area contributed by atoms with E-state index in [1.807, 2.05) is 66.6 Å². The number of hydrogen-bond acceptors (Lipinski definition) is 5. The summed E-state index contributed by atoms with van der Waals surface area (Å²) in [5.74, 6) is 0.378.